The maximum absolute atomic E-state index is 12.7. The molecule has 174 valence electrons. The van der Waals surface area contributed by atoms with Gasteiger partial charge in [0.2, 0.25) is 0 Å². The van der Waals surface area contributed by atoms with E-state index in [2.05, 4.69) is 4.99 Å². The van der Waals surface area contributed by atoms with Crippen molar-refractivity contribution in [2.75, 3.05) is 0 Å². The van der Waals surface area contributed by atoms with Crippen molar-refractivity contribution >= 4 is 41.4 Å². The predicted molar refractivity (Wildman–Crippen MR) is 129 cm³/mol. The minimum atomic E-state index is -1.09. The summed E-state index contributed by atoms with van der Waals surface area (Å²) in [6, 6.07) is 15.7. The lowest BCUT2D eigenvalue weighted by Gasteiger charge is -2.15. The first-order valence-electron chi connectivity index (χ1n) is 10.4. The molecule has 3 rings (SSSR count). The summed E-state index contributed by atoms with van der Waals surface area (Å²) in [4.78, 5) is 40.6. The van der Waals surface area contributed by atoms with E-state index in [9.17, 15) is 19.5 Å². The Morgan fingerprint density at radius 1 is 0.971 bits per heavy atom. The Hall–Kier alpha value is -3.97. The molecule has 0 aliphatic carbocycles. The summed E-state index contributed by atoms with van der Waals surface area (Å²) in [5.41, 5.74) is 1.90. The Morgan fingerprint density at radius 2 is 1.68 bits per heavy atom. The van der Waals surface area contributed by atoms with Crippen LogP contribution in [0.2, 0.25) is 5.02 Å². The lowest BCUT2D eigenvalue weighted by molar-refractivity contribution is -0.137. The molecule has 3 aromatic carbocycles. The van der Waals surface area contributed by atoms with Gasteiger partial charge in [0.1, 0.15) is 0 Å². The highest BCUT2D eigenvalue weighted by Crippen LogP contribution is 2.36. The Labute approximate surface area is 201 Å². The molecule has 0 aliphatic rings. The summed E-state index contributed by atoms with van der Waals surface area (Å²) >= 11 is 6.25. The van der Waals surface area contributed by atoms with Gasteiger partial charge in [-0.15, -0.1) is 0 Å². The summed E-state index contributed by atoms with van der Waals surface area (Å²) < 4.78 is 11.1. The van der Waals surface area contributed by atoms with E-state index in [0.717, 1.165) is 5.56 Å². The van der Waals surface area contributed by atoms with E-state index in [-0.39, 0.29) is 27.6 Å². The largest absolute Gasteiger partial charge is 0.478 e. The smallest absolute Gasteiger partial charge is 0.343 e. The molecule has 0 atom stereocenters. The molecule has 0 saturated heterocycles. The number of aromatic carboxylic acids is 1. The minimum Gasteiger partial charge on any atom is -0.478 e. The normalized spacial score (nSPS) is 11.0. The zero-order valence-corrected chi connectivity index (χ0v) is 19.5. The molecule has 0 heterocycles. The molecule has 1 N–H and O–H groups in total. The maximum Gasteiger partial charge on any atom is 0.343 e. The van der Waals surface area contributed by atoms with Crippen molar-refractivity contribution in [3.63, 3.8) is 0 Å². The average Bonchev–Trinajstić information content (AvgIpc) is 2.79. The van der Waals surface area contributed by atoms with E-state index in [1.165, 1.54) is 30.5 Å². The molecular formula is C26H22ClNO6. The Bertz CT molecular complexity index is 1280. The number of carbonyl (C=O) groups is 3. The number of ether oxygens (including phenoxy) is 2. The molecule has 8 heteroatoms. The number of halogens is 1. The van der Waals surface area contributed by atoms with Crippen LogP contribution in [0, 0.1) is 12.8 Å². The first-order chi connectivity index (χ1) is 16.1. The quantitative estimate of drug-likeness (QED) is 0.258. The van der Waals surface area contributed by atoms with E-state index in [4.69, 9.17) is 21.1 Å². The highest BCUT2D eigenvalue weighted by molar-refractivity contribution is 6.31. The van der Waals surface area contributed by atoms with Crippen LogP contribution in [-0.2, 0) is 4.79 Å². The van der Waals surface area contributed by atoms with Gasteiger partial charge in [-0.1, -0.05) is 49.2 Å². The number of rotatable bonds is 7. The van der Waals surface area contributed by atoms with Crippen molar-refractivity contribution in [3.8, 4) is 11.5 Å². The van der Waals surface area contributed by atoms with Gasteiger partial charge < -0.3 is 14.6 Å². The highest BCUT2D eigenvalue weighted by Gasteiger charge is 2.21. The number of hydrogen-bond donors (Lipinski definition) is 1. The standard InChI is InChI=1S/C26H22ClNO6/c1-15(2)25(31)34-23-19(14-28-21-9-5-7-17(12-21)24(29)30)11-20(27)13-22(23)33-26(32)18-8-4-6-16(3)10-18/h4-15H,1-3H3,(H,29,30). The van der Waals surface area contributed by atoms with E-state index < -0.39 is 23.8 Å². The molecule has 0 spiro atoms. The molecule has 7 nitrogen and oxygen atoms in total. The molecule has 0 bridgehead atoms. The number of esters is 2. The lowest BCUT2D eigenvalue weighted by Crippen LogP contribution is -2.17. The van der Waals surface area contributed by atoms with Crippen molar-refractivity contribution in [2.24, 2.45) is 10.9 Å². The number of carboxylic acid groups (broad SMARTS) is 1. The van der Waals surface area contributed by atoms with Crippen LogP contribution in [-0.4, -0.2) is 29.2 Å². The predicted octanol–water partition coefficient (Wildman–Crippen LogP) is 5.88. The second-order valence-corrected chi connectivity index (χ2v) is 8.21. The average molecular weight is 480 g/mol. The SMILES string of the molecule is Cc1cccc(C(=O)Oc2cc(Cl)cc(C=Nc3cccc(C(=O)O)c3)c2OC(=O)C(C)C)c1. The molecule has 0 unspecified atom stereocenters. The first-order valence-corrected chi connectivity index (χ1v) is 10.7. The zero-order valence-electron chi connectivity index (χ0n) is 18.7. The third kappa shape index (κ3) is 6.30. The van der Waals surface area contributed by atoms with Crippen LogP contribution in [0.5, 0.6) is 11.5 Å². The third-order valence-corrected chi connectivity index (χ3v) is 4.84. The second-order valence-electron chi connectivity index (χ2n) is 7.77. The van der Waals surface area contributed by atoms with Crippen molar-refractivity contribution in [2.45, 2.75) is 20.8 Å². The van der Waals surface area contributed by atoms with Gasteiger partial charge in [0, 0.05) is 22.9 Å². The summed E-state index contributed by atoms with van der Waals surface area (Å²) in [5, 5.41) is 9.40. The van der Waals surface area contributed by atoms with Gasteiger partial charge in [-0.25, -0.2) is 9.59 Å². The van der Waals surface area contributed by atoms with E-state index in [1.807, 2.05) is 13.0 Å². The maximum atomic E-state index is 12.7. The van der Waals surface area contributed by atoms with Gasteiger partial charge in [0.05, 0.1) is 22.7 Å². The fourth-order valence-electron chi connectivity index (χ4n) is 2.88. The first kappa shape index (κ1) is 24.7. The van der Waals surface area contributed by atoms with Crippen LogP contribution < -0.4 is 9.47 Å². The summed E-state index contributed by atoms with van der Waals surface area (Å²) in [5.74, 6) is -2.80. The fourth-order valence-corrected chi connectivity index (χ4v) is 3.10. The molecule has 0 amide bonds. The van der Waals surface area contributed by atoms with Crippen molar-refractivity contribution in [1.29, 1.82) is 0 Å². The monoisotopic (exact) mass is 479 g/mol. The molecule has 0 aliphatic heterocycles. The summed E-state index contributed by atoms with van der Waals surface area (Å²) in [6.45, 7) is 5.18. The van der Waals surface area contributed by atoms with Crippen LogP contribution in [0.1, 0.15) is 45.7 Å². The van der Waals surface area contributed by atoms with Gasteiger partial charge in [-0.2, -0.15) is 0 Å². The van der Waals surface area contributed by atoms with Gasteiger partial charge >= 0.3 is 17.9 Å². The fraction of sp³-hybridized carbons (Fsp3) is 0.154. The number of hydrogen-bond acceptors (Lipinski definition) is 6. The number of benzene rings is 3. The Balaban J connectivity index is 2.03. The molecule has 0 aromatic heterocycles. The van der Waals surface area contributed by atoms with Gasteiger partial charge in [-0.05, 0) is 43.3 Å². The van der Waals surface area contributed by atoms with E-state index in [0.29, 0.717) is 11.3 Å². The molecule has 34 heavy (non-hydrogen) atoms. The van der Waals surface area contributed by atoms with Crippen LogP contribution in [0.3, 0.4) is 0 Å². The number of carbonyl (C=O) groups excluding carboxylic acids is 2. The molecule has 0 fully saturated rings. The van der Waals surface area contributed by atoms with Crippen molar-refractivity contribution < 1.29 is 29.0 Å². The Morgan fingerprint density at radius 3 is 2.35 bits per heavy atom. The molecule has 0 radical (unpaired) electrons. The Kier molecular flexibility index (Phi) is 7.81. The lowest BCUT2D eigenvalue weighted by atomic mass is 10.1. The molecular weight excluding hydrogens is 458 g/mol. The summed E-state index contributed by atoms with van der Waals surface area (Å²) in [6.07, 6.45) is 1.36. The van der Waals surface area contributed by atoms with Crippen molar-refractivity contribution in [1.82, 2.24) is 0 Å². The molecule has 0 saturated carbocycles. The second kappa shape index (κ2) is 10.8. The highest BCUT2D eigenvalue weighted by atomic mass is 35.5. The number of nitrogens with zero attached hydrogens (tertiary/aromatic N) is 1. The van der Waals surface area contributed by atoms with Gasteiger partial charge in [0.25, 0.3) is 0 Å². The van der Waals surface area contributed by atoms with Gasteiger partial charge in [0.15, 0.2) is 11.5 Å². The zero-order chi connectivity index (χ0) is 24.8. The van der Waals surface area contributed by atoms with Gasteiger partial charge in [-0.3, -0.25) is 9.79 Å². The van der Waals surface area contributed by atoms with Crippen LogP contribution in [0.25, 0.3) is 0 Å². The van der Waals surface area contributed by atoms with Crippen LogP contribution in [0.4, 0.5) is 5.69 Å². The number of carboxylic acids is 1. The topological polar surface area (TPSA) is 102 Å². The van der Waals surface area contributed by atoms with Crippen LogP contribution >= 0.6 is 11.6 Å². The van der Waals surface area contributed by atoms with E-state index in [1.54, 1.807) is 44.2 Å². The van der Waals surface area contributed by atoms with E-state index >= 15 is 0 Å². The number of aryl methyl sites for hydroxylation is 1. The third-order valence-electron chi connectivity index (χ3n) is 4.62. The summed E-state index contributed by atoms with van der Waals surface area (Å²) in [7, 11) is 0. The van der Waals surface area contributed by atoms with Crippen LogP contribution in [0.15, 0.2) is 65.7 Å². The van der Waals surface area contributed by atoms with Crippen molar-refractivity contribution in [3.05, 3.63) is 87.9 Å². The molecule has 3 aromatic rings. The number of aliphatic imine (C=N–C) groups is 1. The minimum absolute atomic E-state index is 0.0257.